The van der Waals surface area contributed by atoms with E-state index >= 15 is 0 Å². The van der Waals surface area contributed by atoms with Gasteiger partial charge in [-0.1, -0.05) is 60.6 Å². The molecule has 1 N–H and O–H groups in total. The molecule has 2 aliphatic carbocycles. The Morgan fingerprint density at radius 2 is 1.67 bits per heavy atom. The molecule has 2 fully saturated rings. The Bertz CT molecular complexity index is 1490. The van der Waals surface area contributed by atoms with Gasteiger partial charge in [-0.2, -0.15) is 0 Å². The van der Waals surface area contributed by atoms with Crippen molar-refractivity contribution in [1.82, 2.24) is 0 Å². The van der Waals surface area contributed by atoms with Gasteiger partial charge in [-0.3, -0.25) is 4.79 Å². The number of carbonyl (C=O) groups is 2. The van der Waals surface area contributed by atoms with Crippen LogP contribution in [0.25, 0.3) is 21.5 Å². The molecule has 0 amide bonds. The highest BCUT2D eigenvalue weighted by atomic mass is 16.7. The highest BCUT2D eigenvalue weighted by Crippen LogP contribution is 2.59. The summed E-state index contributed by atoms with van der Waals surface area (Å²) in [7, 11) is 0. The zero-order valence-corrected chi connectivity index (χ0v) is 20.2. The number of fused-ring (bicyclic) bond motifs is 6. The highest BCUT2D eigenvalue weighted by Gasteiger charge is 2.73. The van der Waals surface area contributed by atoms with E-state index in [1.54, 1.807) is 13.0 Å². The lowest BCUT2D eigenvalue weighted by atomic mass is 9.63. The summed E-state index contributed by atoms with van der Waals surface area (Å²) in [5.41, 5.74) is -2.28. The van der Waals surface area contributed by atoms with Gasteiger partial charge in [0.05, 0.1) is 11.6 Å². The SMILES string of the molecule is C[C@H]1CC[C@@H]2[C@@H](OC(=O)[C@]23CC(c2c4ccccc4cc4ccccc24)=NO3)[C@]2(C)C(=O)C=C[C@@]12O. The number of ether oxygens (including phenoxy) is 1. The highest BCUT2D eigenvalue weighted by molar-refractivity contribution is 6.22. The van der Waals surface area contributed by atoms with Gasteiger partial charge >= 0.3 is 5.97 Å². The molecule has 1 spiro atoms. The number of ketones is 1. The van der Waals surface area contributed by atoms with Crippen LogP contribution in [0.5, 0.6) is 0 Å². The van der Waals surface area contributed by atoms with Crippen LogP contribution in [0.4, 0.5) is 0 Å². The van der Waals surface area contributed by atoms with Crippen LogP contribution in [-0.2, 0) is 19.2 Å². The molecule has 3 aromatic carbocycles. The smallest absolute Gasteiger partial charge is 0.354 e. The molecule has 0 radical (unpaired) electrons. The second kappa shape index (κ2) is 7.04. The van der Waals surface area contributed by atoms with Gasteiger partial charge in [-0.15, -0.1) is 0 Å². The van der Waals surface area contributed by atoms with Gasteiger partial charge in [0.15, 0.2) is 5.78 Å². The number of carbonyl (C=O) groups excluding carboxylic acids is 2. The van der Waals surface area contributed by atoms with Crippen LogP contribution >= 0.6 is 0 Å². The molecular weight excluding hydrogens is 454 g/mol. The molecule has 2 heterocycles. The minimum absolute atomic E-state index is 0.171. The van der Waals surface area contributed by atoms with Gasteiger partial charge < -0.3 is 14.7 Å². The summed E-state index contributed by atoms with van der Waals surface area (Å²) in [6.07, 6.45) is 3.74. The molecule has 6 heteroatoms. The Balaban J connectivity index is 1.35. The summed E-state index contributed by atoms with van der Waals surface area (Å²) in [4.78, 5) is 32.8. The first-order chi connectivity index (χ1) is 17.3. The second-order valence-electron chi connectivity index (χ2n) is 11.0. The molecule has 4 aliphatic rings. The van der Waals surface area contributed by atoms with Crippen molar-refractivity contribution in [1.29, 1.82) is 0 Å². The lowest BCUT2D eigenvalue weighted by Gasteiger charge is -2.43. The van der Waals surface area contributed by atoms with Crippen molar-refractivity contribution in [3.05, 3.63) is 72.3 Å². The summed E-state index contributed by atoms with van der Waals surface area (Å²) in [6.45, 7) is 3.69. The van der Waals surface area contributed by atoms with E-state index in [1.165, 1.54) is 6.08 Å². The topological polar surface area (TPSA) is 85.2 Å². The van der Waals surface area contributed by atoms with E-state index in [0.717, 1.165) is 27.1 Å². The third-order valence-electron chi connectivity index (χ3n) is 9.42. The maximum absolute atomic E-state index is 13.6. The number of rotatable bonds is 1. The van der Waals surface area contributed by atoms with E-state index in [1.807, 2.05) is 31.2 Å². The first-order valence-electron chi connectivity index (χ1n) is 12.6. The third-order valence-corrected chi connectivity index (χ3v) is 9.42. The van der Waals surface area contributed by atoms with Gasteiger partial charge in [0.25, 0.3) is 0 Å². The molecule has 6 atom stereocenters. The van der Waals surface area contributed by atoms with Crippen LogP contribution < -0.4 is 0 Å². The molecule has 1 saturated carbocycles. The van der Waals surface area contributed by atoms with Crippen LogP contribution in [0.3, 0.4) is 0 Å². The van der Waals surface area contributed by atoms with Gasteiger partial charge in [0.1, 0.15) is 17.1 Å². The molecule has 0 unspecified atom stereocenters. The normalized spacial score (nSPS) is 37.1. The number of nitrogens with zero attached hydrogens (tertiary/aromatic N) is 1. The first-order valence-corrected chi connectivity index (χ1v) is 12.6. The van der Waals surface area contributed by atoms with Crippen molar-refractivity contribution >= 4 is 39.0 Å². The molecule has 7 rings (SSSR count). The average molecular weight is 482 g/mol. The van der Waals surface area contributed by atoms with E-state index in [-0.39, 0.29) is 18.1 Å². The lowest BCUT2D eigenvalue weighted by molar-refractivity contribution is -0.169. The zero-order valence-electron chi connectivity index (χ0n) is 20.2. The fourth-order valence-electron chi connectivity index (χ4n) is 7.25. The van der Waals surface area contributed by atoms with Crippen LogP contribution in [0, 0.1) is 17.3 Å². The quantitative estimate of drug-likeness (QED) is 0.402. The van der Waals surface area contributed by atoms with Crippen molar-refractivity contribution < 1.29 is 24.3 Å². The Morgan fingerprint density at radius 3 is 2.36 bits per heavy atom. The number of aliphatic hydroxyl groups is 1. The predicted molar refractivity (Wildman–Crippen MR) is 135 cm³/mol. The Labute approximate surface area is 208 Å². The molecule has 36 heavy (non-hydrogen) atoms. The number of benzene rings is 3. The standard InChI is InChI=1S/C30H27NO5/c1-17-11-12-22-26(28(2)24(32)13-14-30(17,28)34)35-27(33)29(22)16-23(31-36-29)25-20-9-5-3-7-18(20)15-19-8-4-6-10-21(19)25/h3-10,13-15,17,22,26,34H,11-12,16H2,1-2H3/t17-,22+,26+,28-,29-,30+/m0/s1. The number of hydrogen-bond donors (Lipinski definition) is 1. The molecule has 6 nitrogen and oxygen atoms in total. The van der Waals surface area contributed by atoms with Crippen LogP contribution in [-0.4, -0.2) is 39.9 Å². The average Bonchev–Trinajstić information content (AvgIpc) is 3.50. The Morgan fingerprint density at radius 1 is 1.00 bits per heavy atom. The van der Waals surface area contributed by atoms with Crippen LogP contribution in [0.1, 0.15) is 38.7 Å². The zero-order chi connectivity index (χ0) is 24.9. The summed E-state index contributed by atoms with van der Waals surface area (Å²) >= 11 is 0. The molecule has 3 aromatic rings. The van der Waals surface area contributed by atoms with E-state index in [4.69, 9.17) is 9.57 Å². The number of hydrogen-bond acceptors (Lipinski definition) is 6. The van der Waals surface area contributed by atoms with Gasteiger partial charge in [-0.25, -0.2) is 4.79 Å². The van der Waals surface area contributed by atoms with Gasteiger partial charge in [-0.05, 0) is 65.4 Å². The summed E-state index contributed by atoms with van der Waals surface area (Å²) < 4.78 is 5.98. The molecule has 2 aliphatic heterocycles. The van der Waals surface area contributed by atoms with Crippen molar-refractivity contribution in [3.8, 4) is 0 Å². The number of allylic oxidation sites excluding steroid dienone is 1. The molecule has 0 aromatic heterocycles. The molecular formula is C30H27NO5. The fraction of sp³-hybridized carbons (Fsp3) is 0.367. The van der Waals surface area contributed by atoms with Crippen molar-refractivity contribution in [2.75, 3.05) is 0 Å². The van der Waals surface area contributed by atoms with Crippen molar-refractivity contribution in [2.24, 2.45) is 22.4 Å². The summed E-state index contributed by atoms with van der Waals surface area (Å²) in [5.74, 6) is -1.29. The maximum Gasteiger partial charge on any atom is 0.354 e. The van der Waals surface area contributed by atoms with Gasteiger partial charge in [0, 0.05) is 12.0 Å². The number of oxime groups is 1. The van der Waals surface area contributed by atoms with E-state index in [0.29, 0.717) is 18.6 Å². The Kier molecular flexibility index (Phi) is 4.25. The lowest BCUT2D eigenvalue weighted by Crippen LogP contribution is -2.57. The fourth-order valence-corrected chi connectivity index (χ4v) is 7.25. The molecule has 182 valence electrons. The van der Waals surface area contributed by atoms with Crippen LogP contribution in [0.15, 0.2) is 71.9 Å². The first kappa shape index (κ1) is 21.7. The van der Waals surface area contributed by atoms with Gasteiger partial charge in [0.2, 0.25) is 5.60 Å². The minimum Gasteiger partial charge on any atom is -0.458 e. The predicted octanol–water partition coefficient (Wildman–Crippen LogP) is 4.70. The minimum atomic E-state index is -1.37. The third kappa shape index (κ3) is 2.48. The summed E-state index contributed by atoms with van der Waals surface area (Å²) in [6, 6.07) is 18.5. The van der Waals surface area contributed by atoms with E-state index in [9.17, 15) is 14.7 Å². The van der Waals surface area contributed by atoms with E-state index < -0.39 is 34.6 Å². The van der Waals surface area contributed by atoms with Crippen molar-refractivity contribution in [3.63, 3.8) is 0 Å². The van der Waals surface area contributed by atoms with Crippen LogP contribution in [0.2, 0.25) is 0 Å². The second-order valence-corrected chi connectivity index (χ2v) is 11.0. The van der Waals surface area contributed by atoms with E-state index in [2.05, 4.69) is 35.5 Å². The Hall–Kier alpha value is -3.51. The maximum atomic E-state index is 13.6. The molecule has 0 bridgehead atoms. The number of esters is 1. The monoisotopic (exact) mass is 481 g/mol. The summed E-state index contributed by atoms with van der Waals surface area (Å²) in [5, 5.41) is 20.5. The van der Waals surface area contributed by atoms with Crippen molar-refractivity contribution in [2.45, 2.75) is 50.4 Å². The largest absolute Gasteiger partial charge is 0.458 e. The molecule has 1 saturated heterocycles.